The fourth-order valence-electron chi connectivity index (χ4n) is 7.34. The van der Waals surface area contributed by atoms with Crippen LogP contribution < -0.4 is 5.32 Å². The maximum Gasteiger partial charge on any atom is 0.0862 e. The van der Waals surface area contributed by atoms with Crippen LogP contribution in [0.2, 0.25) is 0 Å². The van der Waals surface area contributed by atoms with E-state index in [2.05, 4.69) is 120 Å². The normalized spacial score (nSPS) is 22.7. The molecule has 1 saturated carbocycles. The number of allylic oxidation sites excluding steroid dienone is 5. The number of rotatable bonds is 13. The van der Waals surface area contributed by atoms with Crippen LogP contribution in [0.3, 0.4) is 0 Å². The smallest absolute Gasteiger partial charge is 0.0862 e. The van der Waals surface area contributed by atoms with Crippen molar-refractivity contribution in [3.8, 4) is 0 Å². The van der Waals surface area contributed by atoms with Crippen LogP contribution in [0.1, 0.15) is 121 Å². The molecule has 1 aromatic carbocycles. The third-order valence-corrected chi connectivity index (χ3v) is 10.8. The molecule has 5 rings (SSSR count). The molecule has 1 saturated heterocycles. The van der Waals surface area contributed by atoms with Crippen LogP contribution in [0.4, 0.5) is 0 Å². The van der Waals surface area contributed by atoms with Crippen LogP contribution in [0.15, 0.2) is 103 Å². The van der Waals surface area contributed by atoms with Crippen LogP contribution in [-0.4, -0.2) is 23.6 Å². The lowest BCUT2D eigenvalue weighted by molar-refractivity contribution is 0.130. The first-order chi connectivity index (χ1) is 23.6. The number of hydrogen-bond donors (Lipinski definition) is 1. The molecule has 3 nitrogen and oxygen atoms in total. The molecule has 4 heteroatoms. The molecule has 1 aromatic heterocycles. The number of hydrogen-bond acceptors (Lipinski definition) is 4. The second-order valence-corrected chi connectivity index (χ2v) is 14.7. The highest BCUT2D eigenvalue weighted by Crippen LogP contribution is 2.42. The van der Waals surface area contributed by atoms with Crippen LogP contribution in [0.25, 0.3) is 0 Å². The minimum absolute atomic E-state index is 0.223. The lowest BCUT2D eigenvalue weighted by Gasteiger charge is -2.51. The van der Waals surface area contributed by atoms with Gasteiger partial charge in [-0.2, -0.15) is 0 Å². The van der Waals surface area contributed by atoms with Gasteiger partial charge in [0.1, 0.15) is 0 Å². The Bertz CT molecular complexity index is 1410. The average Bonchev–Trinajstić information content (AvgIpc) is 3.53. The minimum atomic E-state index is 0.223. The zero-order valence-corrected chi connectivity index (χ0v) is 33.4. The van der Waals surface area contributed by atoms with Gasteiger partial charge in [0.25, 0.3) is 0 Å². The third-order valence-electron chi connectivity index (χ3n) is 9.97. The number of ether oxygens (including phenoxy) is 1. The molecule has 1 aliphatic heterocycles. The minimum Gasteiger partial charge on any atom is -0.378 e. The van der Waals surface area contributed by atoms with Crippen molar-refractivity contribution in [3.63, 3.8) is 0 Å². The van der Waals surface area contributed by atoms with E-state index in [1.54, 1.807) is 17.4 Å². The fourth-order valence-corrected chi connectivity index (χ4v) is 8.08. The first kappa shape index (κ1) is 42.1. The average molecular weight is 685 g/mol. The summed E-state index contributed by atoms with van der Waals surface area (Å²) in [6, 6.07) is 9.77. The van der Waals surface area contributed by atoms with E-state index in [1.165, 1.54) is 76.1 Å². The van der Waals surface area contributed by atoms with Crippen molar-refractivity contribution in [2.24, 2.45) is 11.8 Å². The maximum atomic E-state index is 6.58. The fraction of sp³-hybridized carbons (Fsp3) is 0.511. The molecule has 0 amide bonds. The highest BCUT2D eigenvalue weighted by Gasteiger charge is 2.40. The quantitative estimate of drug-likeness (QED) is 0.213. The Balaban J connectivity index is 0.00000111. The standard InChI is InChI=1S/C38H52N2OS.C3H6.C2H6.C2H4/c1-9-32(28(6)40-29(7)38(30(40)8)39-27(5)19-36-14-11-15-42-36)22-41-23-35-21-31(20-34-18-25(34)3)17-26(4)37(35)33-13-10-12-24(2)16-33;1-3-2;2*1-2/h11,14-17,21,25,30,33-34,38-39H,5,7,9-10,12-13,18-20,22-23H2,1-4,6,8H3;3H,1H2,2H3;1-2H3;1-2H2/b32-28+;;;. The zero-order chi connectivity index (χ0) is 36.7. The molecule has 2 fully saturated rings. The summed E-state index contributed by atoms with van der Waals surface area (Å²) in [6.07, 6.45) is 12.5. The summed E-state index contributed by atoms with van der Waals surface area (Å²) in [5.74, 6) is 2.25. The predicted octanol–water partition coefficient (Wildman–Crippen LogP) is 12.6. The van der Waals surface area contributed by atoms with Gasteiger partial charge >= 0.3 is 0 Å². The number of aryl methyl sites for hydroxylation is 1. The Morgan fingerprint density at radius 2 is 1.84 bits per heavy atom. The van der Waals surface area contributed by atoms with E-state index >= 15 is 0 Å². The van der Waals surface area contributed by atoms with E-state index < -0.39 is 0 Å². The molecule has 0 radical (unpaired) electrons. The van der Waals surface area contributed by atoms with Gasteiger partial charge in [-0.3, -0.25) is 0 Å². The van der Waals surface area contributed by atoms with E-state index in [4.69, 9.17) is 4.74 Å². The van der Waals surface area contributed by atoms with Crippen LogP contribution >= 0.6 is 11.3 Å². The maximum absolute atomic E-state index is 6.58. The molecule has 2 aromatic rings. The van der Waals surface area contributed by atoms with Gasteiger partial charge in [0.05, 0.1) is 25.3 Å². The van der Waals surface area contributed by atoms with Gasteiger partial charge in [-0.05, 0) is 124 Å². The SMILES string of the molecule is C=C.C=C(Cc1cccs1)NC1C(=C)N(/C(C)=C(\CC)COCc2cc(CC3CC3C)cc(C)c2C2C=C(C)CCC2)C1C.C=CC.CC. The summed E-state index contributed by atoms with van der Waals surface area (Å²) in [6.45, 7) is 39.1. The van der Waals surface area contributed by atoms with Gasteiger partial charge in [0.2, 0.25) is 0 Å². The van der Waals surface area contributed by atoms with Gasteiger partial charge in [0.15, 0.2) is 0 Å². The van der Waals surface area contributed by atoms with Gasteiger partial charge < -0.3 is 15.0 Å². The highest BCUT2D eigenvalue weighted by atomic mass is 32.1. The number of thiophene rings is 1. The Morgan fingerprint density at radius 1 is 1.16 bits per heavy atom. The monoisotopic (exact) mass is 685 g/mol. The second-order valence-electron chi connectivity index (χ2n) is 13.7. The Morgan fingerprint density at radius 3 is 2.39 bits per heavy atom. The van der Waals surface area contributed by atoms with Crippen molar-refractivity contribution >= 4 is 11.3 Å². The topological polar surface area (TPSA) is 24.5 Å². The summed E-state index contributed by atoms with van der Waals surface area (Å²) in [5, 5.41) is 5.77. The van der Waals surface area contributed by atoms with Crippen molar-refractivity contribution in [2.45, 2.75) is 132 Å². The summed E-state index contributed by atoms with van der Waals surface area (Å²) in [5.41, 5.74) is 12.2. The van der Waals surface area contributed by atoms with E-state index in [-0.39, 0.29) is 6.04 Å². The Labute approximate surface area is 305 Å². The first-order valence-corrected chi connectivity index (χ1v) is 19.5. The largest absolute Gasteiger partial charge is 0.378 e. The van der Waals surface area contributed by atoms with Crippen molar-refractivity contribution in [1.82, 2.24) is 10.2 Å². The molecule has 5 atom stereocenters. The molecule has 270 valence electrons. The molecule has 3 aliphatic rings. The van der Waals surface area contributed by atoms with Crippen molar-refractivity contribution in [3.05, 3.63) is 130 Å². The summed E-state index contributed by atoms with van der Waals surface area (Å²) < 4.78 is 6.58. The number of nitrogens with one attached hydrogen (secondary N) is 1. The highest BCUT2D eigenvalue weighted by molar-refractivity contribution is 7.09. The number of likely N-dealkylation sites (tertiary alicyclic amines) is 1. The van der Waals surface area contributed by atoms with E-state index in [9.17, 15) is 0 Å². The molecule has 0 bridgehead atoms. The molecule has 2 aliphatic carbocycles. The lowest BCUT2D eigenvalue weighted by Crippen LogP contribution is -2.61. The van der Waals surface area contributed by atoms with Gasteiger partial charge in [-0.1, -0.05) is 76.8 Å². The van der Waals surface area contributed by atoms with Gasteiger partial charge in [-0.15, -0.1) is 31.1 Å². The van der Waals surface area contributed by atoms with E-state index in [0.717, 1.165) is 36.1 Å². The molecular weight excluding hydrogens is 617 g/mol. The van der Waals surface area contributed by atoms with E-state index in [1.807, 2.05) is 20.8 Å². The molecule has 0 spiro atoms. The summed E-state index contributed by atoms with van der Waals surface area (Å²) >= 11 is 1.78. The van der Waals surface area contributed by atoms with Gasteiger partial charge in [0, 0.05) is 34.3 Å². The third kappa shape index (κ3) is 11.7. The first-order valence-electron chi connectivity index (χ1n) is 18.6. The lowest BCUT2D eigenvalue weighted by atomic mass is 9.81. The second kappa shape index (κ2) is 21.2. The number of nitrogens with zero attached hydrogens (tertiary/aromatic N) is 1. The summed E-state index contributed by atoms with van der Waals surface area (Å²) in [7, 11) is 0. The molecule has 1 N–H and O–H groups in total. The molecular formula is C45H68N2OS. The number of benzene rings is 1. The summed E-state index contributed by atoms with van der Waals surface area (Å²) in [4.78, 5) is 3.73. The van der Waals surface area contributed by atoms with Crippen molar-refractivity contribution < 1.29 is 4.74 Å². The zero-order valence-electron chi connectivity index (χ0n) is 32.6. The predicted molar refractivity (Wildman–Crippen MR) is 218 cm³/mol. The Hall–Kier alpha value is -3.08. The molecule has 5 unspecified atom stereocenters. The Kier molecular flexibility index (Phi) is 18.2. The molecule has 2 heterocycles. The van der Waals surface area contributed by atoms with E-state index in [0.29, 0.717) is 25.2 Å². The van der Waals surface area contributed by atoms with Gasteiger partial charge in [-0.25, -0.2) is 0 Å². The van der Waals surface area contributed by atoms with Crippen LogP contribution in [0, 0.1) is 18.8 Å². The van der Waals surface area contributed by atoms with Crippen LogP contribution in [0.5, 0.6) is 0 Å². The van der Waals surface area contributed by atoms with Crippen molar-refractivity contribution in [1.29, 1.82) is 0 Å². The van der Waals surface area contributed by atoms with Crippen molar-refractivity contribution in [2.75, 3.05) is 6.61 Å². The van der Waals surface area contributed by atoms with Crippen LogP contribution in [-0.2, 0) is 24.2 Å². The molecule has 49 heavy (non-hydrogen) atoms.